The standard InChI is InChI=1S/C14H17N2O5P/c1-10(14(17)20-9-15)16-22(18,19)21-13-8-4-6-11-5-2-3-7-12(11)13/h2-8,10H,9,15H2,1H3,(H2,16,18,19). The van der Waals surface area contributed by atoms with E-state index in [0.29, 0.717) is 5.39 Å². The predicted molar refractivity (Wildman–Crippen MR) is 82.1 cm³/mol. The van der Waals surface area contributed by atoms with Crippen molar-refractivity contribution in [3.8, 4) is 5.75 Å². The van der Waals surface area contributed by atoms with Crippen LogP contribution in [0, 0.1) is 0 Å². The zero-order valence-electron chi connectivity index (χ0n) is 11.9. The molecular formula is C14H17N2O5P. The second-order valence-corrected chi connectivity index (χ2v) is 6.05. The molecule has 2 rings (SSSR count). The summed E-state index contributed by atoms with van der Waals surface area (Å²) in [5.41, 5.74) is 5.08. The smallest absolute Gasteiger partial charge is 0.449 e. The molecule has 2 atom stereocenters. The van der Waals surface area contributed by atoms with Crippen molar-refractivity contribution in [3.05, 3.63) is 42.5 Å². The Morgan fingerprint density at radius 3 is 2.73 bits per heavy atom. The Morgan fingerprint density at radius 1 is 1.32 bits per heavy atom. The fourth-order valence-corrected chi connectivity index (χ4v) is 3.01. The van der Waals surface area contributed by atoms with Crippen LogP contribution in [-0.2, 0) is 14.1 Å². The van der Waals surface area contributed by atoms with E-state index in [0.717, 1.165) is 5.39 Å². The first-order valence-corrected chi connectivity index (χ1v) is 8.15. The summed E-state index contributed by atoms with van der Waals surface area (Å²) in [4.78, 5) is 21.3. The number of ether oxygens (including phenoxy) is 1. The number of esters is 1. The lowest BCUT2D eigenvalue weighted by Crippen LogP contribution is -2.35. The van der Waals surface area contributed by atoms with E-state index in [1.165, 1.54) is 6.92 Å². The van der Waals surface area contributed by atoms with Crippen molar-refractivity contribution >= 4 is 24.5 Å². The van der Waals surface area contributed by atoms with E-state index in [1.807, 2.05) is 18.2 Å². The maximum atomic E-state index is 12.1. The van der Waals surface area contributed by atoms with Gasteiger partial charge in [-0.05, 0) is 18.4 Å². The van der Waals surface area contributed by atoms with Crippen molar-refractivity contribution in [1.29, 1.82) is 0 Å². The van der Waals surface area contributed by atoms with Crippen molar-refractivity contribution in [3.63, 3.8) is 0 Å². The molecule has 0 saturated carbocycles. The van der Waals surface area contributed by atoms with E-state index in [2.05, 4.69) is 9.82 Å². The molecule has 0 amide bonds. The second kappa shape index (κ2) is 6.89. The molecule has 22 heavy (non-hydrogen) atoms. The molecule has 8 heteroatoms. The molecule has 0 aliphatic carbocycles. The van der Waals surface area contributed by atoms with Crippen LogP contribution in [0.4, 0.5) is 0 Å². The number of benzene rings is 2. The number of nitrogens with two attached hydrogens (primary N) is 1. The number of rotatable bonds is 6. The van der Waals surface area contributed by atoms with Crippen molar-refractivity contribution < 1.29 is 23.5 Å². The van der Waals surface area contributed by atoms with Crippen LogP contribution in [0.1, 0.15) is 6.92 Å². The number of carbonyl (C=O) groups is 1. The van der Waals surface area contributed by atoms with Crippen LogP contribution in [0.25, 0.3) is 10.8 Å². The lowest BCUT2D eigenvalue weighted by Gasteiger charge is -2.18. The average molecular weight is 324 g/mol. The topological polar surface area (TPSA) is 111 Å². The molecule has 0 aliphatic heterocycles. The summed E-state index contributed by atoms with van der Waals surface area (Å²) in [5.74, 6) is -0.492. The molecule has 0 fully saturated rings. The Balaban J connectivity index is 2.17. The Kier molecular flexibility index (Phi) is 5.15. The fraction of sp³-hybridized carbons (Fsp3) is 0.214. The average Bonchev–Trinajstić information content (AvgIpc) is 2.47. The quantitative estimate of drug-likeness (QED) is 0.422. The Morgan fingerprint density at radius 2 is 2.00 bits per heavy atom. The van der Waals surface area contributed by atoms with Crippen LogP contribution in [-0.4, -0.2) is 23.6 Å². The van der Waals surface area contributed by atoms with Crippen molar-refractivity contribution in [1.82, 2.24) is 5.09 Å². The van der Waals surface area contributed by atoms with Crippen molar-refractivity contribution in [2.24, 2.45) is 5.73 Å². The van der Waals surface area contributed by atoms with Crippen LogP contribution in [0.2, 0.25) is 0 Å². The normalized spacial score (nSPS) is 15.0. The van der Waals surface area contributed by atoms with Gasteiger partial charge in [-0.25, -0.2) is 4.57 Å². The fourth-order valence-electron chi connectivity index (χ4n) is 1.94. The minimum Gasteiger partial charge on any atom is -0.449 e. The van der Waals surface area contributed by atoms with Crippen LogP contribution in [0.3, 0.4) is 0 Å². The van der Waals surface area contributed by atoms with Crippen LogP contribution in [0.5, 0.6) is 5.75 Å². The number of carbonyl (C=O) groups excluding carboxylic acids is 1. The van der Waals surface area contributed by atoms with Gasteiger partial charge in [-0.15, -0.1) is 0 Å². The molecule has 0 bridgehead atoms. The third kappa shape index (κ3) is 4.05. The third-order valence-corrected chi connectivity index (χ3v) is 4.07. The van der Waals surface area contributed by atoms with E-state index in [9.17, 15) is 14.3 Å². The van der Waals surface area contributed by atoms with E-state index in [1.54, 1.807) is 24.3 Å². The molecule has 0 heterocycles. The van der Waals surface area contributed by atoms with Gasteiger partial charge < -0.3 is 14.2 Å². The van der Waals surface area contributed by atoms with E-state index in [4.69, 9.17) is 10.3 Å². The van der Waals surface area contributed by atoms with Gasteiger partial charge in [-0.1, -0.05) is 36.4 Å². The number of nitrogens with one attached hydrogen (secondary N) is 1. The van der Waals surface area contributed by atoms with Gasteiger partial charge in [-0.2, -0.15) is 5.09 Å². The molecule has 0 spiro atoms. The molecule has 0 saturated heterocycles. The highest BCUT2D eigenvalue weighted by Crippen LogP contribution is 2.41. The number of fused-ring (bicyclic) bond motifs is 1. The van der Waals surface area contributed by atoms with E-state index >= 15 is 0 Å². The van der Waals surface area contributed by atoms with Gasteiger partial charge in [0.1, 0.15) is 18.5 Å². The number of hydrogen-bond acceptors (Lipinski definition) is 5. The van der Waals surface area contributed by atoms with E-state index < -0.39 is 19.8 Å². The maximum absolute atomic E-state index is 12.1. The Labute approximate surface area is 127 Å². The first-order chi connectivity index (χ1) is 10.4. The predicted octanol–water partition coefficient (Wildman–Crippen LogP) is 1.76. The Hall–Kier alpha value is -1.92. The monoisotopic (exact) mass is 324 g/mol. The first kappa shape index (κ1) is 16.5. The van der Waals surface area contributed by atoms with Crippen LogP contribution >= 0.6 is 7.75 Å². The van der Waals surface area contributed by atoms with Crippen molar-refractivity contribution in [2.75, 3.05) is 6.73 Å². The summed E-state index contributed by atoms with van der Waals surface area (Å²) in [5, 5.41) is 3.78. The summed E-state index contributed by atoms with van der Waals surface area (Å²) in [7, 11) is -4.24. The highest BCUT2D eigenvalue weighted by Gasteiger charge is 2.28. The summed E-state index contributed by atoms with van der Waals surface area (Å²) in [6.07, 6.45) is 0. The summed E-state index contributed by atoms with van der Waals surface area (Å²) in [6.45, 7) is 1.08. The summed E-state index contributed by atoms with van der Waals surface area (Å²) < 4.78 is 21.9. The molecule has 4 N–H and O–H groups in total. The molecule has 0 aromatic heterocycles. The molecule has 0 radical (unpaired) electrons. The first-order valence-electron chi connectivity index (χ1n) is 6.57. The van der Waals surface area contributed by atoms with Gasteiger partial charge in [0.2, 0.25) is 0 Å². The molecule has 2 unspecified atom stereocenters. The third-order valence-electron chi connectivity index (χ3n) is 2.91. The van der Waals surface area contributed by atoms with Crippen molar-refractivity contribution in [2.45, 2.75) is 13.0 Å². The SMILES string of the molecule is CC(NP(=O)(O)Oc1cccc2ccccc12)C(=O)OCN. The molecule has 2 aromatic carbocycles. The molecular weight excluding hydrogens is 307 g/mol. The van der Waals surface area contributed by atoms with Crippen LogP contribution in [0.15, 0.2) is 42.5 Å². The summed E-state index contributed by atoms with van der Waals surface area (Å²) in [6, 6.07) is 11.4. The van der Waals surface area contributed by atoms with Gasteiger partial charge in [0, 0.05) is 5.39 Å². The van der Waals surface area contributed by atoms with Gasteiger partial charge in [0.15, 0.2) is 0 Å². The molecule has 0 aliphatic rings. The zero-order valence-corrected chi connectivity index (χ0v) is 12.8. The largest absolute Gasteiger partial charge is 0.456 e. The molecule has 7 nitrogen and oxygen atoms in total. The van der Waals surface area contributed by atoms with Crippen LogP contribution < -0.4 is 15.3 Å². The maximum Gasteiger partial charge on any atom is 0.456 e. The molecule has 2 aromatic rings. The highest BCUT2D eigenvalue weighted by atomic mass is 31.2. The van der Waals surface area contributed by atoms with Gasteiger partial charge >= 0.3 is 13.7 Å². The minimum atomic E-state index is -4.24. The van der Waals surface area contributed by atoms with Gasteiger partial charge in [0.25, 0.3) is 0 Å². The Bertz CT molecular complexity index is 716. The summed E-state index contributed by atoms with van der Waals surface area (Å²) >= 11 is 0. The molecule has 118 valence electrons. The van der Waals surface area contributed by atoms with Gasteiger partial charge in [0.05, 0.1) is 0 Å². The number of hydrogen-bond donors (Lipinski definition) is 3. The van der Waals surface area contributed by atoms with E-state index in [-0.39, 0.29) is 12.5 Å². The minimum absolute atomic E-state index is 0.246. The van der Waals surface area contributed by atoms with Gasteiger partial charge in [-0.3, -0.25) is 10.5 Å². The second-order valence-electron chi connectivity index (χ2n) is 4.57. The lowest BCUT2D eigenvalue weighted by molar-refractivity contribution is -0.145. The lowest BCUT2D eigenvalue weighted by atomic mass is 10.1. The zero-order chi connectivity index (χ0) is 16.2. The highest BCUT2D eigenvalue weighted by molar-refractivity contribution is 7.51.